The minimum Gasteiger partial charge on any atom is -0.496 e. The summed E-state index contributed by atoms with van der Waals surface area (Å²) in [4.78, 5) is 9.54. The summed E-state index contributed by atoms with van der Waals surface area (Å²) in [5, 5.41) is 0. The smallest absolute Gasteiger partial charge is 0.131 e. The highest BCUT2D eigenvalue weighted by Crippen LogP contribution is 2.26. The Bertz CT molecular complexity index is 947. The van der Waals surface area contributed by atoms with Gasteiger partial charge in [0, 0.05) is 42.8 Å². The first-order chi connectivity index (χ1) is 15.7. The summed E-state index contributed by atoms with van der Waals surface area (Å²) in [6, 6.07) is 11.3. The van der Waals surface area contributed by atoms with Crippen molar-refractivity contribution < 1.29 is 13.9 Å². The van der Waals surface area contributed by atoms with Crippen molar-refractivity contribution >= 4 is 21.8 Å². The zero-order chi connectivity index (χ0) is 22.3. The van der Waals surface area contributed by atoms with Gasteiger partial charge in [0.2, 0.25) is 0 Å². The molecule has 0 amide bonds. The molecule has 1 fully saturated rings. The van der Waals surface area contributed by atoms with Crippen LogP contribution in [-0.2, 0) is 17.6 Å². The van der Waals surface area contributed by atoms with Crippen LogP contribution in [0.1, 0.15) is 23.1 Å². The second-order valence-electron chi connectivity index (χ2n) is 8.22. The monoisotopic (exact) mass is 503 g/mol. The van der Waals surface area contributed by atoms with Crippen molar-refractivity contribution in [2.24, 2.45) is 4.99 Å². The first-order valence-corrected chi connectivity index (χ1v) is 12.1. The lowest BCUT2D eigenvalue weighted by Gasteiger charge is -2.28. The van der Waals surface area contributed by atoms with Gasteiger partial charge >= 0.3 is 0 Å². The molecule has 1 saturated heterocycles. The highest BCUT2D eigenvalue weighted by molar-refractivity contribution is 9.10. The van der Waals surface area contributed by atoms with Crippen LogP contribution in [0, 0.1) is 5.82 Å². The lowest BCUT2D eigenvalue weighted by atomic mass is 9.97. The molecule has 2 aromatic carbocycles. The molecule has 0 saturated carbocycles. The molecule has 0 aliphatic carbocycles. The Morgan fingerprint density at radius 2 is 1.94 bits per heavy atom. The molecule has 5 nitrogen and oxygen atoms in total. The van der Waals surface area contributed by atoms with Crippen molar-refractivity contribution in [3.8, 4) is 5.75 Å². The maximum Gasteiger partial charge on any atom is 0.131 e. The van der Waals surface area contributed by atoms with Crippen LogP contribution >= 0.6 is 15.9 Å². The average Bonchev–Trinajstić information content (AvgIpc) is 3.27. The van der Waals surface area contributed by atoms with E-state index in [1.165, 1.54) is 0 Å². The number of amidine groups is 1. The number of halogens is 2. The first kappa shape index (κ1) is 23.2. The van der Waals surface area contributed by atoms with Crippen LogP contribution < -0.4 is 4.74 Å². The van der Waals surface area contributed by atoms with Crippen molar-refractivity contribution in [2.75, 3.05) is 59.6 Å². The number of hydrogen-bond donors (Lipinski definition) is 0. The Balaban J connectivity index is 1.45. The summed E-state index contributed by atoms with van der Waals surface area (Å²) < 4.78 is 26.9. The fourth-order valence-corrected chi connectivity index (χ4v) is 4.90. The van der Waals surface area contributed by atoms with Gasteiger partial charge in [-0.25, -0.2) is 4.39 Å². The van der Waals surface area contributed by atoms with Crippen molar-refractivity contribution in [3.63, 3.8) is 0 Å². The highest BCUT2D eigenvalue weighted by atomic mass is 79.9. The number of nitrogens with zero attached hydrogens (tertiary/aromatic N) is 3. The van der Waals surface area contributed by atoms with Gasteiger partial charge in [-0.3, -0.25) is 9.89 Å². The minimum atomic E-state index is -0.167. The van der Waals surface area contributed by atoms with Gasteiger partial charge in [0.15, 0.2) is 0 Å². The number of rotatable bonds is 9. The predicted molar refractivity (Wildman–Crippen MR) is 129 cm³/mol. The zero-order valence-corrected chi connectivity index (χ0v) is 20.2. The Hall–Kier alpha value is -1.96. The molecule has 2 aromatic rings. The van der Waals surface area contributed by atoms with Crippen molar-refractivity contribution in [2.45, 2.75) is 19.3 Å². The fourth-order valence-electron chi connectivity index (χ4n) is 4.49. The van der Waals surface area contributed by atoms with Gasteiger partial charge in [-0.2, -0.15) is 0 Å². The normalized spacial score (nSPS) is 17.0. The number of benzene rings is 2. The molecule has 0 N–H and O–H groups in total. The molecule has 172 valence electrons. The van der Waals surface area contributed by atoms with Gasteiger partial charge in [-0.05, 0) is 54.7 Å². The second-order valence-corrected chi connectivity index (χ2v) is 9.14. The lowest BCUT2D eigenvalue weighted by Crippen LogP contribution is -2.38. The molecule has 4 rings (SSSR count). The summed E-state index contributed by atoms with van der Waals surface area (Å²) in [7, 11) is 1.67. The Kier molecular flexibility index (Phi) is 8.16. The summed E-state index contributed by atoms with van der Waals surface area (Å²) in [5.74, 6) is 1.59. The van der Waals surface area contributed by atoms with Gasteiger partial charge in [0.1, 0.15) is 17.4 Å². The van der Waals surface area contributed by atoms with Crippen LogP contribution in [0.25, 0.3) is 0 Å². The third-order valence-electron chi connectivity index (χ3n) is 6.18. The third-order valence-corrected chi connectivity index (χ3v) is 6.68. The number of methoxy groups -OCH3 is 1. The van der Waals surface area contributed by atoms with Gasteiger partial charge < -0.3 is 14.4 Å². The molecule has 0 bridgehead atoms. The van der Waals surface area contributed by atoms with E-state index in [4.69, 9.17) is 14.5 Å². The quantitative estimate of drug-likeness (QED) is 0.514. The molecular weight excluding hydrogens is 473 g/mol. The second kappa shape index (κ2) is 11.3. The third kappa shape index (κ3) is 5.69. The minimum absolute atomic E-state index is 0.167. The van der Waals surface area contributed by atoms with Gasteiger partial charge in [-0.1, -0.05) is 28.1 Å². The number of hydrogen-bond acceptors (Lipinski definition) is 5. The predicted octanol–water partition coefficient (Wildman–Crippen LogP) is 4.17. The largest absolute Gasteiger partial charge is 0.496 e. The van der Waals surface area contributed by atoms with Crippen LogP contribution in [0.3, 0.4) is 0 Å². The number of aryl methyl sites for hydroxylation is 1. The number of ether oxygens (including phenoxy) is 2. The summed E-state index contributed by atoms with van der Waals surface area (Å²) in [5.41, 5.74) is 2.71. The number of morpholine rings is 1. The molecule has 2 heterocycles. The Morgan fingerprint density at radius 1 is 1.09 bits per heavy atom. The van der Waals surface area contributed by atoms with Crippen molar-refractivity contribution in [1.29, 1.82) is 0 Å². The van der Waals surface area contributed by atoms with Crippen LogP contribution in [0.4, 0.5) is 4.39 Å². The van der Waals surface area contributed by atoms with Crippen molar-refractivity contribution in [1.82, 2.24) is 9.80 Å². The van der Waals surface area contributed by atoms with Crippen LogP contribution in [0.5, 0.6) is 5.75 Å². The summed E-state index contributed by atoms with van der Waals surface area (Å²) >= 11 is 3.53. The molecule has 2 aliphatic rings. The molecule has 0 aromatic heterocycles. The Labute approximate surface area is 198 Å². The summed E-state index contributed by atoms with van der Waals surface area (Å²) in [6.45, 7) is 7.33. The van der Waals surface area contributed by atoms with E-state index in [9.17, 15) is 4.39 Å². The molecular formula is C25H31BrFN3O2. The molecule has 32 heavy (non-hydrogen) atoms. The maximum atomic E-state index is 15.0. The number of aliphatic imine (C=N–C) groups is 1. The fraction of sp³-hybridized carbons (Fsp3) is 0.480. The van der Waals surface area contributed by atoms with Crippen LogP contribution in [0.15, 0.2) is 45.9 Å². The van der Waals surface area contributed by atoms with E-state index in [1.807, 2.05) is 24.3 Å². The van der Waals surface area contributed by atoms with E-state index < -0.39 is 0 Å². The van der Waals surface area contributed by atoms with E-state index >= 15 is 0 Å². The standard InChI is InChI=1S/C25H31BrFN3O2/c1-31-24-9-7-20(26)18-19(24)6-8-21-22(4-2-5-23(21)27)25-28-10-13-30(25)12-3-11-29-14-16-32-17-15-29/h2,4-5,7,9,18H,3,6,8,10-17H2,1H3. The van der Waals surface area contributed by atoms with Crippen LogP contribution in [0.2, 0.25) is 0 Å². The molecule has 7 heteroatoms. The maximum absolute atomic E-state index is 15.0. The lowest BCUT2D eigenvalue weighted by molar-refractivity contribution is 0.0369. The van der Waals surface area contributed by atoms with Gasteiger partial charge in [-0.15, -0.1) is 0 Å². The van der Waals surface area contributed by atoms with E-state index in [1.54, 1.807) is 19.2 Å². The zero-order valence-electron chi connectivity index (χ0n) is 18.7. The molecule has 2 aliphatic heterocycles. The molecule has 0 atom stereocenters. The first-order valence-electron chi connectivity index (χ1n) is 11.4. The molecule has 0 unspecified atom stereocenters. The Morgan fingerprint density at radius 3 is 2.75 bits per heavy atom. The highest BCUT2D eigenvalue weighted by Gasteiger charge is 2.23. The van der Waals surface area contributed by atoms with Gasteiger partial charge in [0.25, 0.3) is 0 Å². The molecule has 0 spiro atoms. The van der Waals surface area contributed by atoms with Gasteiger partial charge in [0.05, 0.1) is 26.9 Å². The topological polar surface area (TPSA) is 37.3 Å². The van der Waals surface area contributed by atoms with E-state index in [2.05, 4.69) is 25.7 Å². The average molecular weight is 504 g/mol. The van der Waals surface area contributed by atoms with Crippen LogP contribution in [-0.4, -0.2) is 75.2 Å². The van der Waals surface area contributed by atoms with Crippen molar-refractivity contribution in [3.05, 3.63) is 63.4 Å². The SMILES string of the molecule is COc1ccc(Br)cc1CCc1c(F)cccc1C1=NCCN1CCCN1CCOCC1. The van der Waals surface area contributed by atoms with E-state index in [-0.39, 0.29) is 5.82 Å². The van der Waals surface area contributed by atoms with E-state index in [0.717, 1.165) is 91.7 Å². The van der Waals surface area contributed by atoms with E-state index in [0.29, 0.717) is 12.8 Å². The summed E-state index contributed by atoms with van der Waals surface area (Å²) in [6.07, 6.45) is 2.36. The molecule has 0 radical (unpaired) electrons.